The molecule has 122 valence electrons. The number of allylic oxidation sites excluding steroid dienone is 2. The highest BCUT2D eigenvalue weighted by molar-refractivity contribution is 6.00. The molecule has 1 saturated heterocycles. The molecule has 2 aliphatic rings. The number of benzene rings is 1. The molecule has 0 unspecified atom stereocenters. The number of carbonyl (C=O) groups is 2. The van der Waals surface area contributed by atoms with Gasteiger partial charge in [-0.1, -0.05) is 12.2 Å². The van der Waals surface area contributed by atoms with E-state index in [0.29, 0.717) is 11.3 Å². The van der Waals surface area contributed by atoms with Crippen molar-refractivity contribution in [1.82, 2.24) is 0 Å². The van der Waals surface area contributed by atoms with Gasteiger partial charge in [0.15, 0.2) is 0 Å². The SMILES string of the molecule is NC(=O)c1ccc(N2CCCC2)c(NC(=O)[C@@H]2CC=CCC2)c1. The molecule has 5 nitrogen and oxygen atoms in total. The Morgan fingerprint density at radius 1 is 1.17 bits per heavy atom. The van der Waals surface area contributed by atoms with Crippen molar-refractivity contribution in [2.45, 2.75) is 32.1 Å². The smallest absolute Gasteiger partial charge is 0.248 e. The molecule has 1 atom stereocenters. The van der Waals surface area contributed by atoms with Gasteiger partial charge in [0.25, 0.3) is 0 Å². The Bertz CT molecular complexity index is 633. The van der Waals surface area contributed by atoms with E-state index >= 15 is 0 Å². The number of carbonyl (C=O) groups excluding carboxylic acids is 2. The minimum absolute atomic E-state index is 0.00339. The number of primary amides is 1. The van der Waals surface area contributed by atoms with Gasteiger partial charge in [-0.15, -0.1) is 0 Å². The third kappa shape index (κ3) is 3.55. The fraction of sp³-hybridized carbons (Fsp3) is 0.444. The fourth-order valence-corrected chi connectivity index (χ4v) is 3.29. The van der Waals surface area contributed by atoms with E-state index in [1.54, 1.807) is 12.1 Å². The second-order valence-electron chi connectivity index (χ2n) is 6.26. The van der Waals surface area contributed by atoms with Crippen LogP contribution in [-0.2, 0) is 4.79 Å². The summed E-state index contributed by atoms with van der Waals surface area (Å²) in [4.78, 5) is 26.2. The zero-order valence-electron chi connectivity index (χ0n) is 13.3. The summed E-state index contributed by atoms with van der Waals surface area (Å²) < 4.78 is 0. The Morgan fingerprint density at radius 2 is 1.96 bits per heavy atom. The minimum Gasteiger partial charge on any atom is -0.370 e. The Balaban J connectivity index is 1.84. The van der Waals surface area contributed by atoms with Gasteiger partial charge in [-0.05, 0) is 50.3 Å². The molecule has 2 amide bonds. The molecular formula is C18H23N3O2. The Morgan fingerprint density at radius 3 is 2.61 bits per heavy atom. The molecule has 1 aromatic rings. The fourth-order valence-electron chi connectivity index (χ4n) is 3.29. The largest absolute Gasteiger partial charge is 0.370 e. The summed E-state index contributed by atoms with van der Waals surface area (Å²) in [5, 5.41) is 3.03. The van der Waals surface area contributed by atoms with Crippen LogP contribution in [0.2, 0.25) is 0 Å². The van der Waals surface area contributed by atoms with Gasteiger partial charge >= 0.3 is 0 Å². The van der Waals surface area contributed by atoms with Crippen LogP contribution >= 0.6 is 0 Å². The molecule has 1 aliphatic heterocycles. The highest BCUT2D eigenvalue weighted by atomic mass is 16.2. The van der Waals surface area contributed by atoms with E-state index in [1.165, 1.54) is 0 Å². The Hall–Kier alpha value is -2.30. The number of amides is 2. The molecule has 0 saturated carbocycles. The van der Waals surface area contributed by atoms with Gasteiger partial charge in [0.05, 0.1) is 11.4 Å². The number of nitrogens with one attached hydrogen (secondary N) is 1. The lowest BCUT2D eigenvalue weighted by Gasteiger charge is -2.24. The van der Waals surface area contributed by atoms with Gasteiger partial charge in [0, 0.05) is 24.6 Å². The van der Waals surface area contributed by atoms with E-state index < -0.39 is 5.91 Å². The number of hydrogen-bond donors (Lipinski definition) is 2. The Labute approximate surface area is 136 Å². The van der Waals surface area contributed by atoms with Gasteiger partial charge in [-0.2, -0.15) is 0 Å². The third-order valence-corrected chi connectivity index (χ3v) is 4.63. The molecule has 5 heteroatoms. The van der Waals surface area contributed by atoms with E-state index in [9.17, 15) is 9.59 Å². The lowest BCUT2D eigenvalue weighted by molar-refractivity contribution is -0.120. The maximum atomic E-state index is 12.5. The van der Waals surface area contributed by atoms with Crippen LogP contribution in [0.25, 0.3) is 0 Å². The normalized spacial score (nSPS) is 20.5. The topological polar surface area (TPSA) is 75.4 Å². The second kappa shape index (κ2) is 6.86. The van der Waals surface area contributed by atoms with Crippen LogP contribution in [0.15, 0.2) is 30.4 Å². The summed E-state index contributed by atoms with van der Waals surface area (Å²) in [5.41, 5.74) is 7.48. The summed E-state index contributed by atoms with van der Waals surface area (Å²) in [7, 11) is 0. The Kier molecular flexibility index (Phi) is 4.65. The van der Waals surface area contributed by atoms with Crippen LogP contribution in [0.4, 0.5) is 11.4 Å². The molecule has 1 heterocycles. The highest BCUT2D eigenvalue weighted by Gasteiger charge is 2.22. The molecule has 0 spiro atoms. The number of nitrogens with two attached hydrogens (primary N) is 1. The zero-order valence-corrected chi connectivity index (χ0v) is 13.3. The predicted molar refractivity (Wildman–Crippen MR) is 91.5 cm³/mol. The van der Waals surface area contributed by atoms with E-state index in [0.717, 1.165) is 50.9 Å². The summed E-state index contributed by atoms with van der Waals surface area (Å²) in [6.45, 7) is 1.95. The first-order valence-corrected chi connectivity index (χ1v) is 8.30. The van der Waals surface area contributed by atoms with Gasteiger partial charge in [-0.25, -0.2) is 0 Å². The van der Waals surface area contributed by atoms with Crippen molar-refractivity contribution in [3.63, 3.8) is 0 Å². The minimum atomic E-state index is -0.478. The van der Waals surface area contributed by atoms with E-state index in [-0.39, 0.29) is 11.8 Å². The summed E-state index contributed by atoms with van der Waals surface area (Å²) >= 11 is 0. The van der Waals surface area contributed by atoms with Crippen molar-refractivity contribution < 1.29 is 9.59 Å². The van der Waals surface area contributed by atoms with Crippen LogP contribution in [-0.4, -0.2) is 24.9 Å². The van der Waals surface area contributed by atoms with Crippen molar-refractivity contribution in [2.24, 2.45) is 11.7 Å². The van der Waals surface area contributed by atoms with E-state index in [2.05, 4.69) is 22.4 Å². The van der Waals surface area contributed by atoms with Crippen molar-refractivity contribution in [1.29, 1.82) is 0 Å². The average Bonchev–Trinajstić information content (AvgIpc) is 3.09. The summed E-state index contributed by atoms with van der Waals surface area (Å²) in [6.07, 6.45) is 9.08. The maximum absolute atomic E-state index is 12.5. The van der Waals surface area contributed by atoms with Crippen LogP contribution in [0, 0.1) is 5.92 Å². The molecule has 1 fully saturated rings. The van der Waals surface area contributed by atoms with E-state index in [4.69, 9.17) is 5.73 Å². The summed E-state index contributed by atoms with van der Waals surface area (Å²) in [6, 6.07) is 5.32. The van der Waals surface area contributed by atoms with Gasteiger partial charge in [-0.3, -0.25) is 9.59 Å². The monoisotopic (exact) mass is 313 g/mol. The quantitative estimate of drug-likeness (QED) is 0.839. The van der Waals surface area contributed by atoms with Crippen LogP contribution in [0.1, 0.15) is 42.5 Å². The van der Waals surface area contributed by atoms with Gasteiger partial charge in [0.2, 0.25) is 11.8 Å². The highest BCUT2D eigenvalue weighted by Crippen LogP contribution is 2.31. The third-order valence-electron chi connectivity index (χ3n) is 4.63. The first-order valence-electron chi connectivity index (χ1n) is 8.30. The zero-order chi connectivity index (χ0) is 16.2. The molecule has 0 radical (unpaired) electrons. The van der Waals surface area contributed by atoms with Crippen molar-refractivity contribution in [3.8, 4) is 0 Å². The van der Waals surface area contributed by atoms with Crippen LogP contribution in [0.5, 0.6) is 0 Å². The molecule has 0 aromatic heterocycles. The molecule has 3 N–H and O–H groups in total. The first kappa shape index (κ1) is 15.6. The molecule has 1 aromatic carbocycles. The number of anilines is 2. The number of nitrogens with zero attached hydrogens (tertiary/aromatic N) is 1. The number of hydrogen-bond acceptors (Lipinski definition) is 3. The van der Waals surface area contributed by atoms with Crippen molar-refractivity contribution in [3.05, 3.63) is 35.9 Å². The predicted octanol–water partition coefficient (Wildman–Crippen LogP) is 2.68. The molecular weight excluding hydrogens is 290 g/mol. The molecule has 23 heavy (non-hydrogen) atoms. The molecule has 1 aliphatic carbocycles. The lowest BCUT2D eigenvalue weighted by atomic mass is 9.93. The van der Waals surface area contributed by atoms with Crippen LogP contribution in [0.3, 0.4) is 0 Å². The maximum Gasteiger partial charge on any atom is 0.248 e. The molecule has 3 rings (SSSR count). The van der Waals surface area contributed by atoms with Crippen molar-refractivity contribution >= 4 is 23.2 Å². The standard InChI is InChI=1S/C18H23N3O2/c19-17(22)14-8-9-16(21-10-4-5-11-21)15(12-14)20-18(23)13-6-2-1-3-7-13/h1-2,8-9,12-13H,3-7,10-11H2,(H2,19,22)(H,20,23)/t13-/m1/s1. The van der Waals surface area contributed by atoms with Gasteiger partial charge < -0.3 is 16.0 Å². The number of rotatable bonds is 4. The average molecular weight is 313 g/mol. The second-order valence-corrected chi connectivity index (χ2v) is 6.26. The van der Waals surface area contributed by atoms with Gasteiger partial charge in [0.1, 0.15) is 0 Å². The lowest BCUT2D eigenvalue weighted by Crippen LogP contribution is -2.26. The summed E-state index contributed by atoms with van der Waals surface area (Å²) in [5.74, 6) is -0.450. The van der Waals surface area contributed by atoms with Crippen molar-refractivity contribution in [2.75, 3.05) is 23.3 Å². The molecule has 0 bridgehead atoms. The van der Waals surface area contributed by atoms with Crippen LogP contribution < -0.4 is 16.0 Å². The van der Waals surface area contributed by atoms with E-state index in [1.807, 2.05) is 6.07 Å². The first-order chi connectivity index (χ1) is 11.1.